The Labute approximate surface area is 255 Å². The highest BCUT2D eigenvalue weighted by Gasteiger charge is 2.46. The summed E-state index contributed by atoms with van der Waals surface area (Å²) in [5.74, 6) is 0.316. The van der Waals surface area contributed by atoms with Crippen LogP contribution in [0.1, 0.15) is 42.0 Å². The number of allylic oxidation sites excluding steroid dienone is 3. The van der Waals surface area contributed by atoms with Crippen molar-refractivity contribution in [1.82, 2.24) is 4.57 Å². The summed E-state index contributed by atoms with van der Waals surface area (Å²) < 4.78 is 2.29. The Morgan fingerprint density at radius 3 is 2.23 bits per heavy atom. The molecule has 0 saturated heterocycles. The van der Waals surface area contributed by atoms with Crippen LogP contribution in [0.25, 0.3) is 44.2 Å². The maximum Gasteiger partial charge on any atom is 0.101 e. The van der Waals surface area contributed by atoms with E-state index in [9.17, 15) is 5.26 Å². The molecule has 0 fully saturated rings. The minimum atomic E-state index is 0.0167. The summed E-state index contributed by atoms with van der Waals surface area (Å²) in [6, 6.07) is 41.6. The van der Waals surface area contributed by atoms with Gasteiger partial charge in [0.15, 0.2) is 0 Å². The third-order valence-electron chi connectivity index (χ3n) is 9.83. The fourth-order valence-electron chi connectivity index (χ4n) is 7.87. The van der Waals surface area contributed by atoms with Crippen molar-refractivity contribution in [2.75, 3.05) is 0 Å². The van der Waals surface area contributed by atoms with E-state index >= 15 is 0 Å². The molecule has 204 valence electrons. The molecule has 3 heteroatoms. The third-order valence-corrected chi connectivity index (χ3v) is 11.2. The second kappa shape index (κ2) is 8.86. The molecular weight excluding hydrogens is 541 g/mol. The van der Waals surface area contributed by atoms with E-state index < -0.39 is 0 Å². The molecule has 6 aromatic rings. The minimum absolute atomic E-state index is 0.0167. The van der Waals surface area contributed by atoms with E-state index in [1.165, 1.54) is 43.5 Å². The zero-order chi connectivity index (χ0) is 28.9. The Bertz CT molecular complexity index is 2220. The summed E-state index contributed by atoms with van der Waals surface area (Å²) in [6.07, 6.45) is 4.85. The molecule has 2 atom stereocenters. The lowest BCUT2D eigenvalue weighted by molar-refractivity contribution is 0.650. The predicted octanol–water partition coefficient (Wildman–Crippen LogP) is 10.2. The number of benzene rings is 5. The lowest BCUT2D eigenvalue weighted by Gasteiger charge is -2.28. The van der Waals surface area contributed by atoms with Gasteiger partial charge in [-0.15, -0.1) is 11.8 Å². The average molecular weight is 569 g/mol. The summed E-state index contributed by atoms with van der Waals surface area (Å²) in [7, 11) is 0. The van der Waals surface area contributed by atoms with Gasteiger partial charge in [0, 0.05) is 37.8 Å². The molecule has 1 aliphatic heterocycles. The molecule has 1 aromatic heterocycles. The highest BCUT2D eigenvalue weighted by atomic mass is 32.2. The highest BCUT2D eigenvalue weighted by molar-refractivity contribution is 8.00. The molecule has 0 spiro atoms. The van der Waals surface area contributed by atoms with Gasteiger partial charge in [-0.3, -0.25) is 0 Å². The lowest BCUT2D eigenvalue weighted by Crippen LogP contribution is -2.19. The molecule has 9 rings (SSSR count). The number of hydrogen-bond acceptors (Lipinski definition) is 2. The van der Waals surface area contributed by atoms with E-state index in [0.29, 0.717) is 16.7 Å². The Kier molecular flexibility index (Phi) is 5.11. The number of thioether (sulfide) groups is 1. The number of nitriles is 1. The second-order valence-corrected chi connectivity index (χ2v) is 13.5. The molecule has 3 aliphatic rings. The molecule has 2 heterocycles. The molecule has 2 nitrogen and oxygen atoms in total. The molecule has 2 unspecified atom stereocenters. The van der Waals surface area contributed by atoms with Crippen molar-refractivity contribution in [2.45, 2.75) is 35.3 Å². The van der Waals surface area contributed by atoms with Gasteiger partial charge in [-0.25, -0.2) is 0 Å². The van der Waals surface area contributed by atoms with Crippen LogP contribution in [0.3, 0.4) is 0 Å². The van der Waals surface area contributed by atoms with Crippen molar-refractivity contribution in [1.29, 1.82) is 5.26 Å². The van der Waals surface area contributed by atoms with E-state index in [2.05, 4.69) is 134 Å². The molecule has 0 N–H and O–H groups in total. The third kappa shape index (κ3) is 3.30. The normalized spacial score (nSPS) is 19.3. The molecule has 0 amide bonds. The first-order valence-electron chi connectivity index (χ1n) is 14.9. The quantitative estimate of drug-likeness (QED) is 0.208. The fraction of sp³-hybridized carbons (Fsp3) is 0.125. The topological polar surface area (TPSA) is 28.7 Å². The molecule has 2 aliphatic carbocycles. The van der Waals surface area contributed by atoms with E-state index in [4.69, 9.17) is 0 Å². The van der Waals surface area contributed by atoms with Crippen LogP contribution < -0.4 is 0 Å². The van der Waals surface area contributed by atoms with Crippen molar-refractivity contribution in [2.24, 2.45) is 0 Å². The van der Waals surface area contributed by atoms with Crippen LogP contribution in [-0.4, -0.2) is 9.82 Å². The Balaban J connectivity index is 1.22. The summed E-state index contributed by atoms with van der Waals surface area (Å²) in [5.41, 5.74) is 13.3. The monoisotopic (exact) mass is 568 g/mol. The van der Waals surface area contributed by atoms with Crippen molar-refractivity contribution in [3.05, 3.63) is 149 Å². The number of hydrogen-bond donors (Lipinski definition) is 0. The number of nitrogens with zero attached hydrogens (tertiary/aromatic N) is 2. The molecule has 0 bridgehead atoms. The van der Waals surface area contributed by atoms with Gasteiger partial charge >= 0.3 is 0 Å². The average Bonchev–Trinajstić information content (AvgIpc) is 3.66. The van der Waals surface area contributed by atoms with Crippen LogP contribution >= 0.6 is 11.8 Å². The Morgan fingerprint density at radius 2 is 1.47 bits per heavy atom. The smallest absolute Gasteiger partial charge is 0.101 e. The van der Waals surface area contributed by atoms with Crippen LogP contribution in [0.4, 0.5) is 0 Å². The van der Waals surface area contributed by atoms with Gasteiger partial charge < -0.3 is 4.57 Å². The van der Waals surface area contributed by atoms with Crippen LogP contribution in [0, 0.1) is 11.3 Å². The van der Waals surface area contributed by atoms with E-state index in [1.54, 1.807) is 0 Å². The minimum Gasteiger partial charge on any atom is -0.307 e. The molecule has 0 radical (unpaired) electrons. The lowest BCUT2D eigenvalue weighted by atomic mass is 9.77. The van der Waals surface area contributed by atoms with Crippen LogP contribution in [0.5, 0.6) is 0 Å². The van der Waals surface area contributed by atoms with Gasteiger partial charge in [-0.1, -0.05) is 105 Å². The SMILES string of the molecule is CC1(C)C2=C(c3ccccc31)C1Sc3ccc(-c4cccc(C#N)c4-n4c5ccccc5c5ccccc54)cc3C1C=C2. The van der Waals surface area contributed by atoms with E-state index in [0.717, 1.165) is 27.8 Å². The number of fused-ring (bicyclic) bond motifs is 9. The predicted molar refractivity (Wildman–Crippen MR) is 179 cm³/mol. The van der Waals surface area contributed by atoms with Gasteiger partial charge in [0.25, 0.3) is 0 Å². The van der Waals surface area contributed by atoms with E-state index in [1.807, 2.05) is 23.9 Å². The maximum absolute atomic E-state index is 10.4. The number of aromatic nitrogens is 1. The maximum atomic E-state index is 10.4. The zero-order valence-electron chi connectivity index (χ0n) is 24.0. The largest absolute Gasteiger partial charge is 0.307 e. The first-order chi connectivity index (χ1) is 21.1. The van der Waals surface area contributed by atoms with Crippen LogP contribution in [-0.2, 0) is 5.41 Å². The van der Waals surface area contributed by atoms with Gasteiger partial charge in [-0.05, 0) is 63.7 Å². The van der Waals surface area contributed by atoms with E-state index in [-0.39, 0.29) is 5.41 Å². The summed E-state index contributed by atoms with van der Waals surface area (Å²) >= 11 is 2.01. The van der Waals surface area contributed by atoms with Crippen molar-refractivity contribution in [3.8, 4) is 22.9 Å². The molecule has 5 aromatic carbocycles. The standard InChI is InChI=1S/C40H28N2S/c1-40(2)32-15-6-3-13-30(32)37-33(40)20-19-29-31-22-24(18-21-36(31)43-39(29)37)26-14-9-10-25(23-41)38(26)42-34-16-7-4-11-27(34)28-12-5-8-17-35(28)42/h3-22,29,39H,1-2H3. The summed E-state index contributed by atoms with van der Waals surface area (Å²) in [4.78, 5) is 1.36. The second-order valence-electron chi connectivity index (χ2n) is 12.4. The van der Waals surface area contributed by atoms with Gasteiger partial charge in [0.05, 0.1) is 22.3 Å². The molecule has 0 saturated carbocycles. The van der Waals surface area contributed by atoms with Crippen molar-refractivity contribution in [3.63, 3.8) is 0 Å². The van der Waals surface area contributed by atoms with Gasteiger partial charge in [-0.2, -0.15) is 5.26 Å². The van der Waals surface area contributed by atoms with Crippen LogP contribution in [0.15, 0.2) is 132 Å². The van der Waals surface area contributed by atoms with Crippen LogP contribution in [0.2, 0.25) is 0 Å². The Morgan fingerprint density at radius 1 is 0.767 bits per heavy atom. The Hall–Kier alpha value is -4.78. The number of rotatable bonds is 2. The zero-order valence-corrected chi connectivity index (χ0v) is 24.8. The fourth-order valence-corrected chi connectivity index (χ4v) is 9.37. The summed E-state index contributed by atoms with van der Waals surface area (Å²) in [6.45, 7) is 4.73. The van der Waals surface area contributed by atoms with Crippen molar-refractivity contribution >= 4 is 39.1 Å². The first-order valence-corrected chi connectivity index (χ1v) is 15.8. The van der Waals surface area contributed by atoms with Gasteiger partial charge in [0.1, 0.15) is 6.07 Å². The first kappa shape index (κ1) is 24.8. The number of para-hydroxylation sites is 3. The van der Waals surface area contributed by atoms with Crippen molar-refractivity contribution < 1.29 is 0 Å². The highest BCUT2D eigenvalue weighted by Crippen LogP contribution is 2.60. The van der Waals surface area contributed by atoms with Gasteiger partial charge in [0.2, 0.25) is 0 Å². The molecular formula is C40H28N2S. The summed E-state index contributed by atoms with van der Waals surface area (Å²) in [5, 5.41) is 13.1. The molecule has 43 heavy (non-hydrogen) atoms.